The highest BCUT2D eigenvalue weighted by molar-refractivity contribution is 5.72. The van der Waals surface area contributed by atoms with Crippen molar-refractivity contribution < 1.29 is 9.53 Å². The van der Waals surface area contributed by atoms with Crippen molar-refractivity contribution in [3.8, 4) is 0 Å². The normalized spacial score (nSPS) is 13.6. The summed E-state index contributed by atoms with van der Waals surface area (Å²) in [4.78, 5) is 16.1. The second-order valence-electron chi connectivity index (χ2n) is 5.21. The molecule has 1 aromatic heterocycles. The van der Waals surface area contributed by atoms with Gasteiger partial charge in [-0.3, -0.25) is 9.78 Å². The molecule has 0 amide bonds. The Morgan fingerprint density at radius 2 is 2.18 bits per heavy atom. The number of esters is 1. The van der Waals surface area contributed by atoms with Gasteiger partial charge in [0.25, 0.3) is 0 Å². The standard InChI is InChI=1S/C14H17NO2/c1-14(2,3)17-13(16)9-11-8-7-10-5-4-6-12(10)15-11/h4-5,7-8H,6,9H2,1-3H3. The Bertz CT molecular complexity index is 470. The van der Waals surface area contributed by atoms with Crippen molar-refractivity contribution in [2.24, 2.45) is 0 Å². The van der Waals surface area contributed by atoms with Gasteiger partial charge < -0.3 is 4.74 Å². The molecule has 3 heteroatoms. The second-order valence-corrected chi connectivity index (χ2v) is 5.21. The average molecular weight is 231 g/mol. The SMILES string of the molecule is CC(C)(C)OC(=O)Cc1ccc2c(n1)CC=C2. The van der Waals surface area contributed by atoms with Crippen molar-refractivity contribution in [2.75, 3.05) is 0 Å². The summed E-state index contributed by atoms with van der Waals surface area (Å²) in [5.74, 6) is -0.226. The zero-order valence-corrected chi connectivity index (χ0v) is 10.5. The number of hydrogen-bond acceptors (Lipinski definition) is 3. The van der Waals surface area contributed by atoms with E-state index in [9.17, 15) is 4.79 Å². The summed E-state index contributed by atoms with van der Waals surface area (Å²) < 4.78 is 5.27. The Balaban J connectivity index is 2.03. The molecule has 0 saturated heterocycles. The zero-order valence-electron chi connectivity index (χ0n) is 10.5. The Kier molecular flexibility index (Phi) is 3.01. The number of pyridine rings is 1. The molecule has 0 aromatic carbocycles. The molecule has 0 fully saturated rings. The number of nitrogens with zero attached hydrogens (tertiary/aromatic N) is 1. The first-order valence-corrected chi connectivity index (χ1v) is 5.81. The summed E-state index contributed by atoms with van der Waals surface area (Å²) in [7, 11) is 0. The Morgan fingerprint density at radius 1 is 1.41 bits per heavy atom. The van der Waals surface area contributed by atoms with Crippen LogP contribution >= 0.6 is 0 Å². The van der Waals surface area contributed by atoms with E-state index >= 15 is 0 Å². The molecule has 0 bridgehead atoms. The summed E-state index contributed by atoms with van der Waals surface area (Å²) in [6.45, 7) is 5.60. The third-order valence-electron chi connectivity index (χ3n) is 2.42. The van der Waals surface area contributed by atoms with Crippen molar-refractivity contribution >= 4 is 12.0 Å². The highest BCUT2D eigenvalue weighted by Crippen LogP contribution is 2.18. The maximum atomic E-state index is 11.7. The van der Waals surface area contributed by atoms with Crippen LogP contribution in [0.5, 0.6) is 0 Å². The van der Waals surface area contributed by atoms with Crippen molar-refractivity contribution in [2.45, 2.75) is 39.2 Å². The van der Waals surface area contributed by atoms with Gasteiger partial charge in [-0.2, -0.15) is 0 Å². The minimum absolute atomic E-state index is 0.226. The van der Waals surface area contributed by atoms with Gasteiger partial charge in [0, 0.05) is 6.42 Å². The highest BCUT2D eigenvalue weighted by Gasteiger charge is 2.17. The van der Waals surface area contributed by atoms with Crippen LogP contribution in [0, 0.1) is 0 Å². The van der Waals surface area contributed by atoms with Crippen LogP contribution in [0.25, 0.3) is 6.08 Å². The summed E-state index contributed by atoms with van der Waals surface area (Å²) in [6, 6.07) is 3.89. The Labute approximate surface area is 102 Å². The van der Waals surface area contributed by atoms with Crippen LogP contribution in [0.4, 0.5) is 0 Å². The molecule has 1 heterocycles. The predicted molar refractivity (Wildman–Crippen MR) is 66.5 cm³/mol. The molecule has 90 valence electrons. The van der Waals surface area contributed by atoms with Gasteiger partial charge in [-0.1, -0.05) is 18.2 Å². The minimum Gasteiger partial charge on any atom is -0.460 e. The monoisotopic (exact) mass is 231 g/mol. The molecular weight excluding hydrogens is 214 g/mol. The van der Waals surface area contributed by atoms with Gasteiger partial charge >= 0.3 is 5.97 Å². The predicted octanol–water partition coefficient (Wildman–Crippen LogP) is 2.54. The second kappa shape index (κ2) is 4.32. The summed E-state index contributed by atoms with van der Waals surface area (Å²) in [6.07, 6.45) is 5.23. The van der Waals surface area contributed by atoms with Crippen molar-refractivity contribution in [3.63, 3.8) is 0 Å². The summed E-state index contributed by atoms with van der Waals surface area (Å²) >= 11 is 0. The van der Waals surface area contributed by atoms with Gasteiger partial charge in [0.1, 0.15) is 5.60 Å². The van der Waals surface area contributed by atoms with Gasteiger partial charge in [0.2, 0.25) is 0 Å². The number of hydrogen-bond donors (Lipinski definition) is 0. The minimum atomic E-state index is -0.435. The van der Waals surface area contributed by atoms with E-state index in [2.05, 4.69) is 17.1 Å². The Hall–Kier alpha value is -1.64. The molecule has 3 nitrogen and oxygen atoms in total. The quantitative estimate of drug-likeness (QED) is 0.734. The molecule has 0 radical (unpaired) electrons. The summed E-state index contributed by atoms with van der Waals surface area (Å²) in [5, 5.41) is 0. The van der Waals surface area contributed by atoms with Crippen molar-refractivity contribution in [1.29, 1.82) is 0 Å². The van der Waals surface area contributed by atoms with E-state index in [-0.39, 0.29) is 12.4 Å². The molecule has 0 unspecified atom stereocenters. The first-order valence-electron chi connectivity index (χ1n) is 5.81. The molecule has 0 saturated carbocycles. The number of carbonyl (C=O) groups is 1. The van der Waals surface area contributed by atoms with Gasteiger partial charge in [-0.15, -0.1) is 0 Å². The number of allylic oxidation sites excluding steroid dienone is 1. The van der Waals surface area contributed by atoms with Crippen LogP contribution < -0.4 is 0 Å². The lowest BCUT2D eigenvalue weighted by Gasteiger charge is -2.19. The van der Waals surface area contributed by atoms with Gasteiger partial charge in [-0.05, 0) is 32.4 Å². The largest absolute Gasteiger partial charge is 0.460 e. The molecular formula is C14H17NO2. The smallest absolute Gasteiger partial charge is 0.312 e. The van der Waals surface area contributed by atoms with E-state index in [0.717, 1.165) is 23.4 Å². The van der Waals surface area contributed by atoms with Gasteiger partial charge in [0.05, 0.1) is 17.8 Å². The molecule has 0 aliphatic heterocycles. The van der Waals surface area contributed by atoms with Crippen LogP contribution in [0.3, 0.4) is 0 Å². The number of carbonyl (C=O) groups excluding carboxylic acids is 1. The molecule has 1 aromatic rings. The van der Waals surface area contributed by atoms with E-state index in [0.29, 0.717) is 0 Å². The topological polar surface area (TPSA) is 39.2 Å². The number of fused-ring (bicyclic) bond motifs is 1. The van der Waals surface area contributed by atoms with E-state index in [1.165, 1.54) is 0 Å². The molecule has 0 atom stereocenters. The van der Waals surface area contributed by atoms with Gasteiger partial charge in [-0.25, -0.2) is 0 Å². The zero-order chi connectivity index (χ0) is 12.5. The number of rotatable bonds is 2. The van der Waals surface area contributed by atoms with Crippen LogP contribution in [0.2, 0.25) is 0 Å². The molecule has 1 aliphatic carbocycles. The molecule has 2 rings (SSSR count). The molecule has 0 N–H and O–H groups in total. The first-order chi connectivity index (χ1) is 7.94. The van der Waals surface area contributed by atoms with Crippen molar-refractivity contribution in [3.05, 3.63) is 35.2 Å². The third kappa shape index (κ3) is 3.16. The van der Waals surface area contributed by atoms with Crippen LogP contribution in [-0.4, -0.2) is 16.6 Å². The van der Waals surface area contributed by atoms with Crippen LogP contribution in [-0.2, 0) is 22.4 Å². The maximum Gasteiger partial charge on any atom is 0.312 e. The fourth-order valence-electron chi connectivity index (χ4n) is 1.79. The van der Waals surface area contributed by atoms with Crippen molar-refractivity contribution in [1.82, 2.24) is 4.98 Å². The van der Waals surface area contributed by atoms with E-state index in [4.69, 9.17) is 4.74 Å². The average Bonchev–Trinajstić information content (AvgIpc) is 2.61. The lowest BCUT2D eigenvalue weighted by Crippen LogP contribution is -2.25. The molecule has 1 aliphatic rings. The molecule has 0 spiro atoms. The van der Waals surface area contributed by atoms with E-state index in [1.807, 2.05) is 32.9 Å². The van der Waals surface area contributed by atoms with Gasteiger partial charge in [0.15, 0.2) is 0 Å². The lowest BCUT2D eigenvalue weighted by molar-refractivity contribution is -0.153. The fourth-order valence-corrected chi connectivity index (χ4v) is 1.79. The third-order valence-corrected chi connectivity index (χ3v) is 2.42. The Morgan fingerprint density at radius 3 is 2.88 bits per heavy atom. The van der Waals surface area contributed by atoms with Crippen LogP contribution in [0.15, 0.2) is 18.2 Å². The first kappa shape index (κ1) is 11.8. The summed E-state index contributed by atoms with van der Waals surface area (Å²) in [5.41, 5.74) is 2.54. The number of ether oxygens (including phenoxy) is 1. The molecule has 17 heavy (non-hydrogen) atoms. The lowest BCUT2D eigenvalue weighted by atomic mass is 10.1. The van der Waals surface area contributed by atoms with Crippen LogP contribution in [0.1, 0.15) is 37.7 Å². The van der Waals surface area contributed by atoms with E-state index in [1.54, 1.807) is 0 Å². The maximum absolute atomic E-state index is 11.7. The highest BCUT2D eigenvalue weighted by atomic mass is 16.6. The fraction of sp³-hybridized carbons (Fsp3) is 0.429. The number of aromatic nitrogens is 1. The van der Waals surface area contributed by atoms with E-state index < -0.39 is 5.60 Å².